The zero-order chi connectivity index (χ0) is 24.3. The SMILES string of the molecule is O=C(NC(=S)Nc1ccc(N2CCN(C(=O)C(F)(F)F)CC2)c(Cl)c1)c1cc(Br)ccc1Cl. The van der Waals surface area contributed by atoms with Crippen LogP contribution < -0.4 is 15.5 Å². The Balaban J connectivity index is 1.59. The van der Waals surface area contributed by atoms with Crippen LogP contribution in [-0.2, 0) is 4.79 Å². The summed E-state index contributed by atoms with van der Waals surface area (Å²) in [5.41, 5.74) is 1.35. The van der Waals surface area contributed by atoms with Crippen molar-refractivity contribution in [2.45, 2.75) is 6.18 Å². The number of hydrogen-bond acceptors (Lipinski definition) is 4. The molecule has 0 saturated carbocycles. The van der Waals surface area contributed by atoms with E-state index in [1.807, 2.05) is 0 Å². The lowest BCUT2D eigenvalue weighted by Gasteiger charge is -2.36. The second-order valence-electron chi connectivity index (χ2n) is 6.98. The molecule has 3 rings (SSSR count). The van der Waals surface area contributed by atoms with Crippen molar-refractivity contribution in [1.29, 1.82) is 0 Å². The molecule has 2 aromatic rings. The molecule has 2 N–H and O–H groups in total. The van der Waals surface area contributed by atoms with Gasteiger partial charge in [0.05, 0.1) is 21.3 Å². The first-order valence-corrected chi connectivity index (χ1v) is 11.4. The molecule has 1 aliphatic heterocycles. The molecular formula is C20H16BrCl2F3N4O2S. The minimum atomic E-state index is -4.89. The Hall–Kier alpha value is -2.08. The molecule has 176 valence electrons. The predicted octanol–water partition coefficient (Wildman–Crippen LogP) is 5.09. The summed E-state index contributed by atoms with van der Waals surface area (Å²) < 4.78 is 38.5. The highest BCUT2D eigenvalue weighted by molar-refractivity contribution is 9.10. The van der Waals surface area contributed by atoms with E-state index in [2.05, 4.69) is 26.6 Å². The molecule has 1 fully saturated rings. The van der Waals surface area contributed by atoms with Crippen molar-refractivity contribution in [3.8, 4) is 0 Å². The standard InChI is InChI=1S/C20H16BrCl2F3N4O2S/c21-11-1-3-14(22)13(9-11)17(31)28-19(33)27-12-2-4-16(15(23)10-12)29-5-7-30(8-6-29)18(32)20(24,25)26/h1-4,9-10H,5-8H2,(H2,27,28,31,33). The third-order valence-corrected chi connectivity index (χ3v) is 6.09. The Morgan fingerprint density at radius 3 is 2.27 bits per heavy atom. The Bertz CT molecular complexity index is 1100. The van der Waals surface area contributed by atoms with Crippen LogP contribution in [-0.4, -0.2) is 54.2 Å². The van der Waals surface area contributed by atoms with E-state index >= 15 is 0 Å². The van der Waals surface area contributed by atoms with Crippen LogP contribution in [0.1, 0.15) is 10.4 Å². The van der Waals surface area contributed by atoms with E-state index in [9.17, 15) is 22.8 Å². The maximum Gasteiger partial charge on any atom is 0.471 e. The summed E-state index contributed by atoms with van der Waals surface area (Å²) in [5, 5.41) is 6.01. The maximum atomic E-state index is 12.6. The number of piperazine rings is 1. The van der Waals surface area contributed by atoms with E-state index in [1.165, 1.54) is 0 Å². The molecule has 0 aliphatic carbocycles. The molecule has 1 aliphatic rings. The lowest BCUT2D eigenvalue weighted by Crippen LogP contribution is -2.52. The number of amides is 2. The smallest absolute Gasteiger partial charge is 0.367 e. The first-order chi connectivity index (χ1) is 15.5. The number of alkyl halides is 3. The molecule has 1 heterocycles. The number of rotatable bonds is 3. The molecule has 0 atom stereocenters. The number of nitrogens with zero attached hydrogens (tertiary/aromatic N) is 2. The molecule has 0 spiro atoms. The largest absolute Gasteiger partial charge is 0.471 e. The molecule has 0 aromatic heterocycles. The summed E-state index contributed by atoms with van der Waals surface area (Å²) in [4.78, 5) is 26.4. The van der Waals surface area contributed by atoms with Crippen LogP contribution in [0.2, 0.25) is 10.0 Å². The minimum Gasteiger partial charge on any atom is -0.367 e. The average Bonchev–Trinajstić information content (AvgIpc) is 2.74. The van der Waals surface area contributed by atoms with Crippen LogP contribution in [0.15, 0.2) is 40.9 Å². The number of benzene rings is 2. The van der Waals surface area contributed by atoms with Gasteiger partial charge in [-0.15, -0.1) is 0 Å². The molecule has 1 saturated heterocycles. The third kappa shape index (κ3) is 6.50. The van der Waals surface area contributed by atoms with Gasteiger partial charge in [0.25, 0.3) is 5.91 Å². The van der Waals surface area contributed by atoms with Crippen molar-refractivity contribution in [1.82, 2.24) is 10.2 Å². The van der Waals surface area contributed by atoms with Crippen LogP contribution in [0.5, 0.6) is 0 Å². The molecule has 13 heteroatoms. The van der Waals surface area contributed by atoms with E-state index in [1.54, 1.807) is 41.3 Å². The first kappa shape index (κ1) is 25.5. The zero-order valence-corrected chi connectivity index (χ0v) is 20.6. The van der Waals surface area contributed by atoms with Crippen molar-refractivity contribution < 1.29 is 22.8 Å². The van der Waals surface area contributed by atoms with Gasteiger partial charge >= 0.3 is 12.1 Å². The van der Waals surface area contributed by atoms with Crippen LogP contribution in [0, 0.1) is 0 Å². The highest BCUT2D eigenvalue weighted by atomic mass is 79.9. The highest BCUT2D eigenvalue weighted by Crippen LogP contribution is 2.30. The molecule has 33 heavy (non-hydrogen) atoms. The Labute approximate surface area is 211 Å². The van der Waals surface area contributed by atoms with E-state index in [-0.39, 0.29) is 41.9 Å². The molecule has 0 bridgehead atoms. The van der Waals surface area contributed by atoms with E-state index in [0.29, 0.717) is 20.9 Å². The van der Waals surface area contributed by atoms with Crippen molar-refractivity contribution in [3.63, 3.8) is 0 Å². The summed E-state index contributed by atoms with van der Waals surface area (Å²) in [5.74, 6) is -2.33. The van der Waals surface area contributed by atoms with Gasteiger partial charge in [0, 0.05) is 36.3 Å². The van der Waals surface area contributed by atoms with Gasteiger partial charge in [-0.1, -0.05) is 39.1 Å². The molecule has 6 nitrogen and oxygen atoms in total. The topological polar surface area (TPSA) is 64.7 Å². The van der Waals surface area contributed by atoms with Gasteiger partial charge in [-0.25, -0.2) is 0 Å². The molecule has 2 amide bonds. The quantitative estimate of drug-likeness (QED) is 0.493. The number of thiocarbonyl (C=S) groups is 1. The van der Waals surface area contributed by atoms with Crippen molar-refractivity contribution in [3.05, 3.63) is 56.5 Å². The fourth-order valence-corrected chi connectivity index (χ4v) is 4.25. The van der Waals surface area contributed by atoms with Gasteiger partial charge in [-0.3, -0.25) is 14.9 Å². The number of carbonyl (C=O) groups excluding carboxylic acids is 2. The maximum absolute atomic E-state index is 12.6. The Kier molecular flexibility index (Phi) is 8.09. The van der Waals surface area contributed by atoms with Crippen LogP contribution >= 0.6 is 51.3 Å². The molecule has 2 aromatic carbocycles. The average molecular weight is 584 g/mol. The normalized spacial score (nSPS) is 14.1. The van der Waals surface area contributed by atoms with Crippen molar-refractivity contribution in [2.24, 2.45) is 0 Å². The molecular weight excluding hydrogens is 568 g/mol. The zero-order valence-electron chi connectivity index (χ0n) is 16.7. The number of nitrogens with one attached hydrogen (secondary N) is 2. The van der Waals surface area contributed by atoms with E-state index < -0.39 is 18.0 Å². The molecule has 0 unspecified atom stereocenters. The lowest BCUT2D eigenvalue weighted by atomic mass is 10.2. The van der Waals surface area contributed by atoms with Gasteiger partial charge < -0.3 is 15.1 Å². The summed E-state index contributed by atoms with van der Waals surface area (Å²) in [6.45, 7) is 0.276. The van der Waals surface area contributed by atoms with Crippen molar-refractivity contribution in [2.75, 3.05) is 36.4 Å². The third-order valence-electron chi connectivity index (χ3n) is 4.76. The first-order valence-electron chi connectivity index (χ1n) is 9.43. The summed E-state index contributed by atoms with van der Waals surface area (Å²) >= 11 is 20.9. The Morgan fingerprint density at radius 1 is 1.00 bits per heavy atom. The van der Waals surface area contributed by atoms with Crippen LogP contribution in [0.3, 0.4) is 0 Å². The fraction of sp³-hybridized carbons (Fsp3) is 0.250. The second-order valence-corrected chi connectivity index (χ2v) is 9.11. The van der Waals surface area contributed by atoms with Crippen molar-refractivity contribution >= 4 is 79.7 Å². The fourth-order valence-electron chi connectivity index (χ4n) is 3.18. The Morgan fingerprint density at radius 2 is 1.67 bits per heavy atom. The minimum absolute atomic E-state index is 0.0270. The van der Waals surface area contributed by atoms with Gasteiger partial charge in [0.2, 0.25) is 0 Å². The second kappa shape index (κ2) is 10.5. The predicted molar refractivity (Wildman–Crippen MR) is 129 cm³/mol. The number of anilines is 2. The van der Waals surface area contributed by atoms with E-state index in [0.717, 1.165) is 4.90 Å². The lowest BCUT2D eigenvalue weighted by molar-refractivity contribution is -0.185. The summed E-state index contributed by atoms with van der Waals surface area (Å²) in [7, 11) is 0. The van der Waals surface area contributed by atoms with Gasteiger partial charge in [0.15, 0.2) is 5.11 Å². The number of hydrogen-bond donors (Lipinski definition) is 2. The van der Waals surface area contributed by atoms with Gasteiger partial charge in [-0.2, -0.15) is 13.2 Å². The van der Waals surface area contributed by atoms with Crippen LogP contribution in [0.25, 0.3) is 0 Å². The van der Waals surface area contributed by atoms with E-state index in [4.69, 9.17) is 35.4 Å². The molecule has 0 radical (unpaired) electrons. The highest BCUT2D eigenvalue weighted by Gasteiger charge is 2.43. The monoisotopic (exact) mass is 582 g/mol. The van der Waals surface area contributed by atoms with Gasteiger partial charge in [-0.05, 0) is 48.6 Å². The number of carbonyl (C=O) groups is 2. The summed E-state index contributed by atoms with van der Waals surface area (Å²) in [6, 6.07) is 9.77. The summed E-state index contributed by atoms with van der Waals surface area (Å²) in [6.07, 6.45) is -4.89. The van der Waals surface area contributed by atoms with Crippen LogP contribution in [0.4, 0.5) is 24.5 Å². The van der Waals surface area contributed by atoms with Gasteiger partial charge in [0.1, 0.15) is 0 Å². The number of halogens is 6.